The quantitative estimate of drug-likeness (QED) is 0.781. The average Bonchev–Trinajstić information content (AvgIpc) is 2.00. The second-order valence-electron chi connectivity index (χ2n) is 4.92. The first-order chi connectivity index (χ1) is 6.38. The maximum atomic E-state index is 5.96. The summed E-state index contributed by atoms with van der Waals surface area (Å²) in [5, 5.41) is 0. The number of hydrogen-bond acceptors (Lipinski definition) is 1. The molecular formula is C13H21N. The zero-order valence-corrected chi connectivity index (χ0v) is 9.72. The van der Waals surface area contributed by atoms with E-state index in [0.29, 0.717) is 0 Å². The summed E-state index contributed by atoms with van der Waals surface area (Å²) in [4.78, 5) is 0. The van der Waals surface area contributed by atoms with Gasteiger partial charge in [0.1, 0.15) is 0 Å². The van der Waals surface area contributed by atoms with Crippen molar-refractivity contribution in [2.45, 2.75) is 46.1 Å². The van der Waals surface area contributed by atoms with Crippen LogP contribution in [0, 0.1) is 13.8 Å². The number of hydrogen-bond donors (Lipinski definition) is 1. The van der Waals surface area contributed by atoms with Crippen molar-refractivity contribution < 1.29 is 0 Å². The van der Waals surface area contributed by atoms with Crippen LogP contribution in [-0.4, -0.2) is 5.54 Å². The van der Waals surface area contributed by atoms with E-state index < -0.39 is 0 Å². The van der Waals surface area contributed by atoms with Gasteiger partial charge in [0.15, 0.2) is 0 Å². The highest BCUT2D eigenvalue weighted by atomic mass is 14.7. The van der Waals surface area contributed by atoms with Gasteiger partial charge in [-0.2, -0.15) is 0 Å². The van der Waals surface area contributed by atoms with E-state index >= 15 is 0 Å². The normalized spacial score (nSPS) is 11.8. The minimum Gasteiger partial charge on any atom is -0.326 e. The summed E-state index contributed by atoms with van der Waals surface area (Å²) in [6.07, 6.45) is 2.12. The van der Waals surface area contributed by atoms with E-state index in [0.717, 1.165) is 12.8 Å². The van der Waals surface area contributed by atoms with Crippen LogP contribution in [0.5, 0.6) is 0 Å². The molecule has 0 radical (unpaired) electrons. The monoisotopic (exact) mass is 191 g/mol. The van der Waals surface area contributed by atoms with Crippen molar-refractivity contribution in [2.75, 3.05) is 0 Å². The van der Waals surface area contributed by atoms with Crippen molar-refractivity contribution in [3.05, 3.63) is 34.9 Å². The SMILES string of the molecule is Cc1ccc(CCC(C)(C)N)c(C)c1. The standard InChI is InChI=1S/C13H21N/c1-10-5-6-12(11(2)9-10)7-8-13(3,4)14/h5-6,9H,7-8,14H2,1-4H3. The van der Waals surface area contributed by atoms with Gasteiger partial charge in [-0.15, -0.1) is 0 Å². The second kappa shape index (κ2) is 4.14. The molecule has 0 unspecified atom stereocenters. The molecule has 0 amide bonds. The molecule has 0 aliphatic heterocycles. The zero-order chi connectivity index (χ0) is 10.8. The Morgan fingerprint density at radius 1 is 1.21 bits per heavy atom. The highest BCUT2D eigenvalue weighted by Crippen LogP contribution is 2.15. The molecule has 2 N–H and O–H groups in total. The number of benzene rings is 1. The predicted octanol–water partition coefficient (Wildman–Crippen LogP) is 2.97. The Balaban J connectivity index is 2.68. The predicted molar refractivity (Wildman–Crippen MR) is 62.5 cm³/mol. The van der Waals surface area contributed by atoms with Crippen LogP contribution in [0.1, 0.15) is 37.0 Å². The van der Waals surface area contributed by atoms with Crippen LogP contribution in [0.3, 0.4) is 0 Å². The maximum Gasteiger partial charge on any atom is 0.0100 e. The average molecular weight is 191 g/mol. The lowest BCUT2D eigenvalue weighted by Crippen LogP contribution is -2.32. The molecule has 14 heavy (non-hydrogen) atoms. The molecule has 1 heteroatoms. The first kappa shape index (κ1) is 11.3. The van der Waals surface area contributed by atoms with Crippen molar-refractivity contribution in [3.63, 3.8) is 0 Å². The minimum atomic E-state index is -0.0582. The Morgan fingerprint density at radius 3 is 2.36 bits per heavy atom. The van der Waals surface area contributed by atoms with Crippen LogP contribution in [0.25, 0.3) is 0 Å². The van der Waals surface area contributed by atoms with E-state index in [1.165, 1.54) is 16.7 Å². The Morgan fingerprint density at radius 2 is 1.86 bits per heavy atom. The van der Waals surface area contributed by atoms with Crippen LogP contribution in [-0.2, 0) is 6.42 Å². The topological polar surface area (TPSA) is 26.0 Å². The van der Waals surface area contributed by atoms with Gasteiger partial charge in [-0.25, -0.2) is 0 Å². The summed E-state index contributed by atoms with van der Waals surface area (Å²) >= 11 is 0. The zero-order valence-electron chi connectivity index (χ0n) is 9.72. The van der Waals surface area contributed by atoms with Crippen molar-refractivity contribution in [2.24, 2.45) is 5.73 Å². The molecule has 0 saturated heterocycles. The Kier molecular flexibility index (Phi) is 3.33. The number of aryl methyl sites for hydroxylation is 3. The summed E-state index contributed by atoms with van der Waals surface area (Å²) < 4.78 is 0. The molecule has 0 aliphatic rings. The van der Waals surface area contributed by atoms with Crippen LogP contribution < -0.4 is 5.73 Å². The highest BCUT2D eigenvalue weighted by molar-refractivity contribution is 5.30. The van der Waals surface area contributed by atoms with E-state index in [-0.39, 0.29) is 5.54 Å². The summed E-state index contributed by atoms with van der Waals surface area (Å²) in [6.45, 7) is 8.46. The van der Waals surface area contributed by atoms with E-state index in [4.69, 9.17) is 5.73 Å². The summed E-state index contributed by atoms with van der Waals surface area (Å²) in [5.41, 5.74) is 10.0. The van der Waals surface area contributed by atoms with Gasteiger partial charge in [0.2, 0.25) is 0 Å². The molecule has 78 valence electrons. The smallest absolute Gasteiger partial charge is 0.0100 e. The molecule has 1 aromatic rings. The van der Waals surface area contributed by atoms with E-state index in [2.05, 4.69) is 45.9 Å². The summed E-state index contributed by atoms with van der Waals surface area (Å²) in [7, 11) is 0. The van der Waals surface area contributed by atoms with Crippen LogP contribution in [0.4, 0.5) is 0 Å². The van der Waals surface area contributed by atoms with Gasteiger partial charge in [0, 0.05) is 5.54 Å². The van der Waals surface area contributed by atoms with E-state index in [1.54, 1.807) is 0 Å². The fourth-order valence-corrected chi connectivity index (χ4v) is 1.58. The molecule has 0 heterocycles. The third-order valence-electron chi connectivity index (χ3n) is 2.54. The minimum absolute atomic E-state index is 0.0582. The molecule has 0 aromatic heterocycles. The van der Waals surface area contributed by atoms with Gasteiger partial charge in [0.05, 0.1) is 0 Å². The Hall–Kier alpha value is -0.820. The van der Waals surface area contributed by atoms with Gasteiger partial charge in [-0.05, 0) is 51.7 Å². The maximum absolute atomic E-state index is 5.96. The molecular weight excluding hydrogens is 170 g/mol. The largest absolute Gasteiger partial charge is 0.326 e. The van der Waals surface area contributed by atoms with Crippen molar-refractivity contribution in [1.82, 2.24) is 0 Å². The lowest BCUT2D eigenvalue weighted by atomic mass is 9.94. The molecule has 0 spiro atoms. The molecule has 1 aromatic carbocycles. The fraction of sp³-hybridized carbons (Fsp3) is 0.538. The number of nitrogens with two attached hydrogens (primary N) is 1. The van der Waals surface area contributed by atoms with Gasteiger partial charge in [0.25, 0.3) is 0 Å². The van der Waals surface area contributed by atoms with Crippen molar-refractivity contribution in [3.8, 4) is 0 Å². The van der Waals surface area contributed by atoms with E-state index in [1.807, 2.05) is 0 Å². The van der Waals surface area contributed by atoms with Crippen LogP contribution >= 0.6 is 0 Å². The molecule has 0 fully saturated rings. The van der Waals surface area contributed by atoms with Crippen LogP contribution in [0.2, 0.25) is 0 Å². The third kappa shape index (κ3) is 3.51. The molecule has 0 bridgehead atoms. The van der Waals surface area contributed by atoms with Crippen LogP contribution in [0.15, 0.2) is 18.2 Å². The van der Waals surface area contributed by atoms with Crippen molar-refractivity contribution in [1.29, 1.82) is 0 Å². The first-order valence-electron chi connectivity index (χ1n) is 5.23. The van der Waals surface area contributed by atoms with Gasteiger partial charge < -0.3 is 5.73 Å². The second-order valence-corrected chi connectivity index (χ2v) is 4.92. The molecule has 0 aliphatic carbocycles. The molecule has 0 saturated carbocycles. The number of rotatable bonds is 3. The molecule has 1 nitrogen and oxygen atoms in total. The summed E-state index contributed by atoms with van der Waals surface area (Å²) in [6, 6.07) is 6.63. The lowest BCUT2D eigenvalue weighted by Gasteiger charge is -2.18. The van der Waals surface area contributed by atoms with Gasteiger partial charge >= 0.3 is 0 Å². The summed E-state index contributed by atoms with van der Waals surface area (Å²) in [5.74, 6) is 0. The first-order valence-corrected chi connectivity index (χ1v) is 5.23. The Bertz CT molecular complexity index is 308. The lowest BCUT2D eigenvalue weighted by molar-refractivity contribution is 0.476. The van der Waals surface area contributed by atoms with E-state index in [9.17, 15) is 0 Å². The Labute approximate surface area is 87.3 Å². The van der Waals surface area contributed by atoms with Gasteiger partial charge in [-0.1, -0.05) is 23.8 Å². The molecule has 1 rings (SSSR count). The fourth-order valence-electron chi connectivity index (χ4n) is 1.58. The van der Waals surface area contributed by atoms with Crippen molar-refractivity contribution >= 4 is 0 Å². The highest BCUT2D eigenvalue weighted by Gasteiger charge is 2.10. The molecule has 0 atom stereocenters. The third-order valence-corrected chi connectivity index (χ3v) is 2.54. The van der Waals surface area contributed by atoms with Gasteiger partial charge in [-0.3, -0.25) is 0 Å².